The minimum Gasteiger partial charge on any atom is -0.369 e. The third-order valence-electron chi connectivity index (χ3n) is 2.64. The smallest absolute Gasteiger partial charge is 0.240 e. The first-order valence-electron chi connectivity index (χ1n) is 5.01. The second-order valence-corrected chi connectivity index (χ2v) is 3.73. The molecule has 0 bridgehead atoms. The van der Waals surface area contributed by atoms with Crippen molar-refractivity contribution in [3.05, 3.63) is 23.8 Å². The van der Waals surface area contributed by atoms with E-state index in [1.165, 1.54) is 4.57 Å². The number of nitriles is 1. The first-order chi connectivity index (χ1) is 8.04. The van der Waals surface area contributed by atoms with Gasteiger partial charge in [-0.25, -0.2) is 4.98 Å². The van der Waals surface area contributed by atoms with E-state index in [0.717, 1.165) is 0 Å². The number of fused-ring (bicyclic) bond motifs is 1. The lowest BCUT2D eigenvalue weighted by molar-refractivity contribution is -0.120. The summed E-state index contributed by atoms with van der Waals surface area (Å²) in [6.45, 7) is 1.64. The van der Waals surface area contributed by atoms with Gasteiger partial charge in [-0.2, -0.15) is 5.26 Å². The zero-order valence-electron chi connectivity index (χ0n) is 9.21. The molecule has 2 aromatic rings. The Hall–Kier alpha value is -2.55. The molecule has 0 aliphatic rings. The highest BCUT2D eigenvalue weighted by atomic mass is 16.1. The number of hydrogen-bond donors (Lipinski definition) is 2. The number of rotatable bonds is 2. The standard InChI is InChI=1S/C11H11N5O/c1-6(10(13)17)16-9-4-7(5-12)2-3-8(9)15-11(16)14/h2-4,6H,1H3,(H2,13,17)(H2,14,15). The van der Waals surface area contributed by atoms with Gasteiger partial charge in [-0.1, -0.05) is 0 Å². The summed E-state index contributed by atoms with van der Waals surface area (Å²) < 4.78 is 1.53. The Morgan fingerprint density at radius 1 is 1.59 bits per heavy atom. The summed E-state index contributed by atoms with van der Waals surface area (Å²) in [6.07, 6.45) is 0. The van der Waals surface area contributed by atoms with Crippen LogP contribution in [0.1, 0.15) is 18.5 Å². The number of aromatic nitrogens is 2. The highest BCUT2D eigenvalue weighted by molar-refractivity contribution is 5.85. The van der Waals surface area contributed by atoms with E-state index in [-0.39, 0.29) is 5.95 Å². The fourth-order valence-corrected chi connectivity index (χ4v) is 1.72. The Labute approximate surface area is 97.4 Å². The molecule has 1 amide bonds. The van der Waals surface area contributed by atoms with Crippen molar-refractivity contribution >= 4 is 22.9 Å². The molecule has 1 aromatic carbocycles. The summed E-state index contributed by atoms with van der Waals surface area (Å²) in [5, 5.41) is 8.84. The molecule has 0 saturated carbocycles. The Kier molecular flexibility index (Phi) is 2.44. The number of nitrogens with zero attached hydrogens (tertiary/aromatic N) is 3. The van der Waals surface area contributed by atoms with Crippen LogP contribution in [0.3, 0.4) is 0 Å². The van der Waals surface area contributed by atoms with E-state index in [1.807, 2.05) is 6.07 Å². The number of nitrogen functional groups attached to an aromatic ring is 1. The Morgan fingerprint density at radius 3 is 2.88 bits per heavy atom. The van der Waals surface area contributed by atoms with E-state index in [2.05, 4.69) is 4.98 Å². The molecule has 0 radical (unpaired) electrons. The molecule has 1 atom stereocenters. The van der Waals surface area contributed by atoms with Crippen LogP contribution in [-0.4, -0.2) is 15.5 Å². The van der Waals surface area contributed by atoms with Crippen molar-refractivity contribution in [2.24, 2.45) is 5.73 Å². The van der Waals surface area contributed by atoms with Crippen LogP contribution >= 0.6 is 0 Å². The summed E-state index contributed by atoms with van der Waals surface area (Å²) in [7, 11) is 0. The number of amides is 1. The molecule has 2 rings (SSSR count). The molecule has 1 unspecified atom stereocenters. The average Bonchev–Trinajstić information content (AvgIpc) is 2.62. The maximum atomic E-state index is 11.2. The first kappa shape index (κ1) is 11.0. The fraction of sp³-hybridized carbons (Fsp3) is 0.182. The van der Waals surface area contributed by atoms with Crippen LogP contribution in [0.2, 0.25) is 0 Å². The van der Waals surface area contributed by atoms with Crippen LogP contribution in [-0.2, 0) is 4.79 Å². The van der Waals surface area contributed by atoms with Crippen molar-refractivity contribution in [1.29, 1.82) is 5.26 Å². The van der Waals surface area contributed by atoms with Gasteiger partial charge in [0, 0.05) is 0 Å². The maximum absolute atomic E-state index is 11.2. The molecule has 17 heavy (non-hydrogen) atoms. The van der Waals surface area contributed by atoms with Gasteiger partial charge in [-0.15, -0.1) is 0 Å². The lowest BCUT2D eigenvalue weighted by atomic mass is 10.2. The van der Waals surface area contributed by atoms with E-state index in [0.29, 0.717) is 16.6 Å². The van der Waals surface area contributed by atoms with Crippen molar-refractivity contribution in [3.8, 4) is 6.07 Å². The number of carbonyl (C=O) groups excluding carboxylic acids is 1. The number of benzene rings is 1. The lowest BCUT2D eigenvalue weighted by Crippen LogP contribution is -2.24. The van der Waals surface area contributed by atoms with E-state index < -0.39 is 11.9 Å². The zero-order chi connectivity index (χ0) is 12.6. The number of hydrogen-bond acceptors (Lipinski definition) is 4. The Morgan fingerprint density at radius 2 is 2.29 bits per heavy atom. The van der Waals surface area contributed by atoms with E-state index in [1.54, 1.807) is 25.1 Å². The summed E-state index contributed by atoms with van der Waals surface area (Å²) in [4.78, 5) is 15.3. The monoisotopic (exact) mass is 229 g/mol. The molecule has 0 aliphatic heterocycles. The van der Waals surface area contributed by atoms with Gasteiger partial charge in [0.1, 0.15) is 6.04 Å². The largest absolute Gasteiger partial charge is 0.369 e. The van der Waals surface area contributed by atoms with Gasteiger partial charge in [0.2, 0.25) is 11.9 Å². The Bertz CT molecular complexity index is 637. The molecule has 4 N–H and O–H groups in total. The highest BCUT2D eigenvalue weighted by Gasteiger charge is 2.18. The molecule has 6 heteroatoms. The lowest BCUT2D eigenvalue weighted by Gasteiger charge is -2.11. The van der Waals surface area contributed by atoms with Crippen LogP contribution in [0, 0.1) is 11.3 Å². The second-order valence-electron chi connectivity index (χ2n) is 3.73. The van der Waals surface area contributed by atoms with E-state index in [9.17, 15) is 4.79 Å². The Balaban J connectivity index is 2.73. The summed E-state index contributed by atoms with van der Waals surface area (Å²) in [6, 6.07) is 6.40. The molecular weight excluding hydrogens is 218 g/mol. The van der Waals surface area contributed by atoms with Gasteiger partial charge in [-0.3, -0.25) is 9.36 Å². The second kappa shape index (κ2) is 3.79. The zero-order valence-corrected chi connectivity index (χ0v) is 9.21. The number of imidazole rings is 1. The third kappa shape index (κ3) is 1.67. The van der Waals surface area contributed by atoms with Gasteiger partial charge in [-0.05, 0) is 25.1 Å². The molecule has 6 nitrogen and oxygen atoms in total. The van der Waals surface area contributed by atoms with Crippen LogP contribution in [0.25, 0.3) is 11.0 Å². The van der Waals surface area contributed by atoms with Crippen LogP contribution in [0.4, 0.5) is 5.95 Å². The number of primary amides is 1. The van der Waals surface area contributed by atoms with Crippen molar-refractivity contribution in [3.63, 3.8) is 0 Å². The van der Waals surface area contributed by atoms with Crippen LogP contribution < -0.4 is 11.5 Å². The van der Waals surface area contributed by atoms with Gasteiger partial charge in [0.25, 0.3) is 0 Å². The van der Waals surface area contributed by atoms with Gasteiger partial charge < -0.3 is 11.5 Å². The minimum absolute atomic E-state index is 0.210. The molecule has 1 aromatic heterocycles. The van der Waals surface area contributed by atoms with Gasteiger partial charge in [0.05, 0.1) is 22.7 Å². The van der Waals surface area contributed by atoms with E-state index >= 15 is 0 Å². The predicted octanol–water partition coefficient (Wildman–Crippen LogP) is 0.536. The topological polar surface area (TPSA) is 111 Å². The first-order valence-corrected chi connectivity index (χ1v) is 5.01. The molecule has 0 fully saturated rings. The highest BCUT2D eigenvalue weighted by Crippen LogP contribution is 2.23. The summed E-state index contributed by atoms with van der Waals surface area (Å²) in [5.74, 6) is -0.292. The maximum Gasteiger partial charge on any atom is 0.240 e. The van der Waals surface area contributed by atoms with Crippen molar-refractivity contribution < 1.29 is 4.79 Å². The van der Waals surface area contributed by atoms with Crippen molar-refractivity contribution in [1.82, 2.24) is 9.55 Å². The molecule has 0 saturated heterocycles. The minimum atomic E-state index is -0.603. The summed E-state index contributed by atoms with van der Waals surface area (Å²) >= 11 is 0. The molecule has 1 heterocycles. The normalized spacial score (nSPS) is 12.2. The number of nitrogens with two attached hydrogens (primary N) is 2. The average molecular weight is 229 g/mol. The van der Waals surface area contributed by atoms with Gasteiger partial charge in [0.15, 0.2) is 0 Å². The quantitative estimate of drug-likeness (QED) is 0.782. The van der Waals surface area contributed by atoms with Crippen molar-refractivity contribution in [2.75, 3.05) is 5.73 Å². The van der Waals surface area contributed by atoms with Crippen molar-refractivity contribution in [2.45, 2.75) is 13.0 Å². The SMILES string of the molecule is CC(C(N)=O)n1c(N)nc2ccc(C#N)cc21. The van der Waals surface area contributed by atoms with Crippen LogP contribution in [0.15, 0.2) is 18.2 Å². The molecular formula is C11H11N5O. The fourth-order valence-electron chi connectivity index (χ4n) is 1.72. The number of carbonyl (C=O) groups is 1. The molecule has 86 valence electrons. The van der Waals surface area contributed by atoms with Gasteiger partial charge >= 0.3 is 0 Å². The molecule has 0 aliphatic carbocycles. The third-order valence-corrected chi connectivity index (χ3v) is 2.64. The summed E-state index contributed by atoms with van der Waals surface area (Å²) in [5.41, 5.74) is 12.7. The van der Waals surface area contributed by atoms with Crippen LogP contribution in [0.5, 0.6) is 0 Å². The predicted molar refractivity (Wildman–Crippen MR) is 62.8 cm³/mol. The van der Waals surface area contributed by atoms with E-state index in [4.69, 9.17) is 16.7 Å². The number of anilines is 1. The molecule has 0 spiro atoms.